The van der Waals surface area contributed by atoms with Crippen LogP contribution in [0.2, 0.25) is 0 Å². The molecule has 6 heteroatoms. The van der Waals surface area contributed by atoms with E-state index in [1.807, 2.05) is 17.9 Å². The number of hydrogen-bond acceptors (Lipinski definition) is 5. The Morgan fingerprint density at radius 3 is 2.79 bits per heavy atom. The van der Waals surface area contributed by atoms with Gasteiger partial charge in [-0.1, -0.05) is 25.9 Å². The molecule has 1 amide bonds. The third-order valence-electron chi connectivity index (χ3n) is 5.53. The zero-order valence-corrected chi connectivity index (χ0v) is 17.5. The summed E-state index contributed by atoms with van der Waals surface area (Å²) in [5.41, 5.74) is 3.05. The number of amides is 1. The van der Waals surface area contributed by atoms with Crippen LogP contribution in [0.3, 0.4) is 0 Å². The Bertz CT molecular complexity index is 862. The van der Waals surface area contributed by atoms with Crippen LogP contribution in [-0.4, -0.2) is 46.7 Å². The van der Waals surface area contributed by atoms with Gasteiger partial charge in [-0.2, -0.15) is 0 Å². The van der Waals surface area contributed by atoms with Crippen molar-refractivity contribution in [2.24, 2.45) is 5.41 Å². The molecule has 0 radical (unpaired) electrons. The van der Waals surface area contributed by atoms with Crippen molar-refractivity contribution >= 4 is 17.0 Å². The van der Waals surface area contributed by atoms with Gasteiger partial charge in [0.2, 0.25) is 0 Å². The fourth-order valence-corrected chi connectivity index (χ4v) is 4.07. The number of nitrogens with zero attached hydrogens (tertiary/aromatic N) is 3. The zero-order valence-electron chi connectivity index (χ0n) is 17.5. The highest BCUT2D eigenvalue weighted by molar-refractivity contribution is 6.06. The second-order valence-electron chi connectivity index (χ2n) is 9.39. The van der Waals surface area contributed by atoms with Gasteiger partial charge in [0.05, 0.1) is 22.7 Å². The number of fused-ring (bicyclic) bond motifs is 1. The Balaban J connectivity index is 1.72. The molecule has 2 aliphatic rings. The molecule has 2 aromatic heterocycles. The molecule has 0 spiro atoms. The van der Waals surface area contributed by atoms with Crippen molar-refractivity contribution in [1.82, 2.24) is 15.0 Å². The second-order valence-corrected chi connectivity index (χ2v) is 9.39. The zero-order chi connectivity index (χ0) is 19.9. The van der Waals surface area contributed by atoms with Gasteiger partial charge in [-0.05, 0) is 50.5 Å². The highest BCUT2D eigenvalue weighted by Gasteiger charge is 2.32. The van der Waals surface area contributed by atoms with E-state index in [1.54, 1.807) is 0 Å². The molecule has 2 fully saturated rings. The molecular formula is C22H31N3O3. The predicted molar refractivity (Wildman–Crippen MR) is 107 cm³/mol. The average molecular weight is 386 g/mol. The SMILES string of the molecule is CCO[C@@H]1CCCN(C(=O)c2cc(C3CC3)nc3onc(CC(C)(C)C)c23)C1. The first kappa shape index (κ1) is 19.4. The molecule has 2 aromatic rings. The summed E-state index contributed by atoms with van der Waals surface area (Å²) in [7, 11) is 0. The van der Waals surface area contributed by atoms with E-state index in [1.165, 1.54) is 0 Å². The Kier molecular flexibility index (Phi) is 5.17. The molecule has 152 valence electrons. The van der Waals surface area contributed by atoms with Gasteiger partial charge in [-0.3, -0.25) is 4.79 Å². The second kappa shape index (κ2) is 7.47. The molecule has 1 saturated heterocycles. The van der Waals surface area contributed by atoms with Gasteiger partial charge in [0.25, 0.3) is 11.6 Å². The maximum atomic E-state index is 13.5. The van der Waals surface area contributed by atoms with E-state index in [9.17, 15) is 4.79 Å². The van der Waals surface area contributed by atoms with E-state index in [0.29, 0.717) is 30.3 Å². The lowest BCUT2D eigenvalue weighted by molar-refractivity contribution is 0.00730. The van der Waals surface area contributed by atoms with E-state index in [4.69, 9.17) is 14.2 Å². The molecule has 0 bridgehead atoms. The van der Waals surface area contributed by atoms with Gasteiger partial charge in [-0.25, -0.2) is 4.98 Å². The molecule has 0 aromatic carbocycles. The van der Waals surface area contributed by atoms with Crippen LogP contribution in [0, 0.1) is 5.41 Å². The van der Waals surface area contributed by atoms with Gasteiger partial charge in [-0.15, -0.1) is 0 Å². The van der Waals surface area contributed by atoms with Crippen molar-refractivity contribution in [3.63, 3.8) is 0 Å². The maximum absolute atomic E-state index is 13.5. The van der Waals surface area contributed by atoms with E-state index >= 15 is 0 Å². The van der Waals surface area contributed by atoms with Crippen LogP contribution < -0.4 is 0 Å². The number of rotatable bonds is 5. The van der Waals surface area contributed by atoms with Gasteiger partial charge >= 0.3 is 0 Å². The third-order valence-corrected chi connectivity index (χ3v) is 5.53. The van der Waals surface area contributed by atoms with Crippen LogP contribution in [0.25, 0.3) is 11.1 Å². The van der Waals surface area contributed by atoms with Crippen LogP contribution in [0.15, 0.2) is 10.6 Å². The van der Waals surface area contributed by atoms with E-state index < -0.39 is 0 Å². The van der Waals surface area contributed by atoms with Crippen molar-refractivity contribution < 1.29 is 14.1 Å². The summed E-state index contributed by atoms with van der Waals surface area (Å²) in [6.07, 6.45) is 5.11. The van der Waals surface area contributed by atoms with Gasteiger partial charge < -0.3 is 14.2 Å². The predicted octanol–water partition coefficient (Wildman–Crippen LogP) is 4.33. The van der Waals surface area contributed by atoms with Crippen molar-refractivity contribution in [2.45, 2.75) is 71.8 Å². The summed E-state index contributed by atoms with van der Waals surface area (Å²) in [6, 6.07) is 2.00. The number of carbonyl (C=O) groups excluding carboxylic acids is 1. The monoisotopic (exact) mass is 385 g/mol. The number of hydrogen-bond donors (Lipinski definition) is 0. The standard InChI is InChI=1S/C22H31N3O3/c1-5-27-15-7-6-10-25(13-15)21(26)16-11-17(14-8-9-14)23-20-19(16)18(24-28-20)12-22(2,3)4/h11,14-15H,5-10,12-13H2,1-4H3/t15-/m1/s1. The molecule has 0 N–H and O–H groups in total. The Morgan fingerprint density at radius 2 is 2.11 bits per heavy atom. The van der Waals surface area contributed by atoms with E-state index in [0.717, 1.165) is 55.4 Å². The maximum Gasteiger partial charge on any atom is 0.259 e. The quantitative estimate of drug-likeness (QED) is 0.766. The van der Waals surface area contributed by atoms with Gasteiger partial charge in [0.15, 0.2) is 0 Å². The largest absolute Gasteiger partial charge is 0.377 e. The topological polar surface area (TPSA) is 68.5 Å². The lowest BCUT2D eigenvalue weighted by Gasteiger charge is -2.32. The first-order chi connectivity index (χ1) is 13.4. The number of piperidine rings is 1. The minimum atomic E-state index is 0.0461. The molecular weight excluding hydrogens is 354 g/mol. The molecule has 6 nitrogen and oxygen atoms in total. The van der Waals surface area contributed by atoms with Crippen molar-refractivity contribution in [1.29, 1.82) is 0 Å². The Labute approximate surface area is 166 Å². The minimum absolute atomic E-state index is 0.0461. The molecule has 0 unspecified atom stereocenters. The van der Waals surface area contributed by atoms with Crippen molar-refractivity contribution in [3.8, 4) is 0 Å². The van der Waals surface area contributed by atoms with Crippen LogP contribution >= 0.6 is 0 Å². The highest BCUT2D eigenvalue weighted by Crippen LogP contribution is 2.41. The summed E-state index contributed by atoms with van der Waals surface area (Å²) in [4.78, 5) is 20.2. The summed E-state index contributed by atoms with van der Waals surface area (Å²) in [6.45, 7) is 10.6. The molecule has 1 saturated carbocycles. The average Bonchev–Trinajstić information content (AvgIpc) is 3.43. The number of likely N-dealkylation sites (tertiary alicyclic amines) is 1. The van der Waals surface area contributed by atoms with Crippen LogP contribution in [0.5, 0.6) is 0 Å². The lowest BCUT2D eigenvalue weighted by atomic mass is 9.89. The lowest BCUT2D eigenvalue weighted by Crippen LogP contribution is -2.43. The number of pyridine rings is 1. The van der Waals surface area contributed by atoms with E-state index in [2.05, 4.69) is 25.9 Å². The fraction of sp³-hybridized carbons (Fsp3) is 0.682. The summed E-state index contributed by atoms with van der Waals surface area (Å²) < 4.78 is 11.4. The number of carbonyl (C=O) groups is 1. The molecule has 4 rings (SSSR count). The van der Waals surface area contributed by atoms with Crippen LogP contribution in [0.4, 0.5) is 0 Å². The number of ether oxygens (including phenoxy) is 1. The molecule has 3 heterocycles. The Hall–Kier alpha value is -1.95. The van der Waals surface area contributed by atoms with Gasteiger partial charge in [0, 0.05) is 31.3 Å². The molecule has 28 heavy (non-hydrogen) atoms. The first-order valence-corrected chi connectivity index (χ1v) is 10.6. The molecule has 1 aliphatic heterocycles. The molecule has 1 atom stereocenters. The van der Waals surface area contributed by atoms with Crippen LogP contribution in [-0.2, 0) is 11.2 Å². The number of aromatic nitrogens is 2. The van der Waals surface area contributed by atoms with E-state index in [-0.39, 0.29) is 17.4 Å². The van der Waals surface area contributed by atoms with Crippen molar-refractivity contribution in [3.05, 3.63) is 23.0 Å². The van der Waals surface area contributed by atoms with Gasteiger partial charge in [0.1, 0.15) is 0 Å². The molecule has 1 aliphatic carbocycles. The van der Waals surface area contributed by atoms with Crippen LogP contribution in [0.1, 0.15) is 81.0 Å². The summed E-state index contributed by atoms with van der Waals surface area (Å²) >= 11 is 0. The smallest absolute Gasteiger partial charge is 0.259 e. The summed E-state index contributed by atoms with van der Waals surface area (Å²) in [5.74, 6) is 0.502. The fourth-order valence-electron chi connectivity index (χ4n) is 4.07. The Morgan fingerprint density at radius 1 is 1.32 bits per heavy atom. The normalized spacial score (nSPS) is 20.7. The summed E-state index contributed by atoms with van der Waals surface area (Å²) in [5, 5.41) is 5.10. The minimum Gasteiger partial charge on any atom is -0.377 e. The van der Waals surface area contributed by atoms with Crippen molar-refractivity contribution in [2.75, 3.05) is 19.7 Å². The highest BCUT2D eigenvalue weighted by atomic mass is 16.5. The first-order valence-electron chi connectivity index (χ1n) is 10.6. The third kappa shape index (κ3) is 4.07.